The molecule has 1 fully saturated rings. The summed E-state index contributed by atoms with van der Waals surface area (Å²) in [6.07, 6.45) is 0. The maximum atomic E-state index is 12.4. The number of carbonyl (C=O) groups excluding carboxylic acids is 3. The van der Waals surface area contributed by atoms with Gasteiger partial charge in [-0.2, -0.15) is 0 Å². The molecule has 2 aromatic rings. The van der Waals surface area contributed by atoms with Crippen LogP contribution in [0.3, 0.4) is 0 Å². The van der Waals surface area contributed by atoms with Gasteiger partial charge >= 0.3 is 0 Å². The number of nitrogens with zero attached hydrogens (tertiary/aromatic N) is 3. The summed E-state index contributed by atoms with van der Waals surface area (Å²) in [6.45, 7) is 0.199. The third kappa shape index (κ3) is 3.30. The smallest absolute Gasteiger partial charge is 0.264 e. The zero-order valence-electron chi connectivity index (χ0n) is 13.2. The van der Waals surface area contributed by atoms with Crippen LogP contribution < -0.4 is 4.90 Å². The van der Waals surface area contributed by atoms with E-state index in [2.05, 4.69) is 0 Å². The number of hydrogen-bond donors (Lipinski definition) is 0. The standard InChI is InChI=1S/C17H17N3O3S/c1-18(17(23)14-8-5-9-24-14)10-15(21)19-11-16(22)20(12-19)13-6-3-2-4-7-13/h2-9H,10-12H2,1H3. The maximum Gasteiger partial charge on any atom is 0.264 e. The van der Waals surface area contributed by atoms with Gasteiger partial charge in [-0.3, -0.25) is 19.3 Å². The highest BCUT2D eigenvalue weighted by atomic mass is 32.1. The predicted molar refractivity (Wildman–Crippen MR) is 91.8 cm³/mol. The molecule has 1 saturated heterocycles. The number of rotatable bonds is 4. The van der Waals surface area contributed by atoms with Gasteiger partial charge < -0.3 is 9.80 Å². The average Bonchev–Trinajstić information content (AvgIpc) is 3.24. The zero-order chi connectivity index (χ0) is 17.1. The molecule has 1 aliphatic rings. The Labute approximate surface area is 143 Å². The van der Waals surface area contributed by atoms with Crippen LogP contribution in [0.15, 0.2) is 47.8 Å². The van der Waals surface area contributed by atoms with Crippen molar-refractivity contribution in [3.63, 3.8) is 0 Å². The lowest BCUT2D eigenvalue weighted by Gasteiger charge is -2.21. The average molecular weight is 343 g/mol. The van der Waals surface area contributed by atoms with Crippen LogP contribution in [-0.4, -0.2) is 54.3 Å². The lowest BCUT2D eigenvalue weighted by molar-refractivity contribution is -0.132. The first-order chi connectivity index (χ1) is 11.6. The molecule has 0 unspecified atom stereocenters. The quantitative estimate of drug-likeness (QED) is 0.848. The monoisotopic (exact) mass is 343 g/mol. The van der Waals surface area contributed by atoms with Crippen molar-refractivity contribution in [3.05, 3.63) is 52.7 Å². The molecule has 3 amide bonds. The number of hydrogen-bond acceptors (Lipinski definition) is 4. The summed E-state index contributed by atoms with van der Waals surface area (Å²) < 4.78 is 0. The first kappa shape index (κ1) is 16.2. The third-order valence-corrected chi connectivity index (χ3v) is 4.67. The van der Waals surface area contributed by atoms with E-state index in [0.29, 0.717) is 4.88 Å². The number of para-hydroxylation sites is 1. The van der Waals surface area contributed by atoms with E-state index < -0.39 is 0 Å². The second-order valence-corrected chi connectivity index (χ2v) is 6.48. The molecule has 0 atom stereocenters. The first-order valence-corrected chi connectivity index (χ1v) is 8.36. The summed E-state index contributed by atoms with van der Waals surface area (Å²) in [5, 5.41) is 1.82. The van der Waals surface area contributed by atoms with Gasteiger partial charge in [0.1, 0.15) is 13.2 Å². The highest BCUT2D eigenvalue weighted by Crippen LogP contribution is 2.19. The van der Waals surface area contributed by atoms with Crippen molar-refractivity contribution in [1.82, 2.24) is 9.80 Å². The van der Waals surface area contributed by atoms with Crippen molar-refractivity contribution < 1.29 is 14.4 Å². The summed E-state index contributed by atoms with van der Waals surface area (Å²) >= 11 is 1.34. The normalized spacial score (nSPS) is 14.1. The fourth-order valence-electron chi connectivity index (χ4n) is 2.51. The van der Waals surface area contributed by atoms with Crippen molar-refractivity contribution >= 4 is 34.7 Å². The van der Waals surface area contributed by atoms with Gasteiger partial charge in [0.05, 0.1) is 11.4 Å². The number of thiophene rings is 1. The molecule has 0 spiro atoms. The SMILES string of the molecule is CN(CC(=O)N1CC(=O)N(c2ccccc2)C1)C(=O)c1cccs1. The molecule has 1 aromatic carbocycles. The summed E-state index contributed by atoms with van der Waals surface area (Å²) in [7, 11) is 1.59. The fraction of sp³-hybridized carbons (Fsp3) is 0.235. The van der Waals surface area contributed by atoms with Gasteiger partial charge in [0.15, 0.2) is 0 Å². The van der Waals surface area contributed by atoms with Crippen LogP contribution >= 0.6 is 11.3 Å². The van der Waals surface area contributed by atoms with E-state index in [1.165, 1.54) is 21.1 Å². The van der Waals surface area contributed by atoms with Crippen LogP contribution in [0, 0.1) is 0 Å². The second-order valence-electron chi connectivity index (χ2n) is 5.53. The van der Waals surface area contributed by atoms with Crippen LogP contribution in [-0.2, 0) is 9.59 Å². The van der Waals surface area contributed by atoms with E-state index in [-0.39, 0.29) is 37.5 Å². The van der Waals surface area contributed by atoms with E-state index >= 15 is 0 Å². The molecule has 2 heterocycles. The molecule has 0 saturated carbocycles. The Morgan fingerprint density at radius 2 is 1.92 bits per heavy atom. The number of likely N-dealkylation sites (N-methyl/N-ethyl adjacent to an activating group) is 1. The number of benzene rings is 1. The Hall–Kier alpha value is -2.67. The third-order valence-electron chi connectivity index (χ3n) is 3.81. The molecule has 3 rings (SSSR count). The molecule has 1 aliphatic heterocycles. The number of carbonyl (C=O) groups is 3. The molecule has 124 valence electrons. The van der Waals surface area contributed by atoms with Crippen LogP contribution in [0.1, 0.15) is 9.67 Å². The van der Waals surface area contributed by atoms with E-state index in [4.69, 9.17) is 0 Å². The van der Waals surface area contributed by atoms with E-state index in [1.807, 2.05) is 35.7 Å². The van der Waals surface area contributed by atoms with E-state index in [9.17, 15) is 14.4 Å². The summed E-state index contributed by atoms with van der Waals surface area (Å²) in [5.41, 5.74) is 0.765. The van der Waals surface area contributed by atoms with Gasteiger partial charge in [-0.25, -0.2) is 0 Å². The van der Waals surface area contributed by atoms with Gasteiger partial charge in [0.25, 0.3) is 5.91 Å². The Morgan fingerprint density at radius 3 is 2.58 bits per heavy atom. The minimum absolute atomic E-state index is 0.0365. The summed E-state index contributed by atoms with van der Waals surface area (Å²) in [5.74, 6) is -0.556. The molecule has 0 bridgehead atoms. The molecule has 0 N–H and O–H groups in total. The Morgan fingerprint density at radius 1 is 1.17 bits per heavy atom. The van der Waals surface area contributed by atoms with Gasteiger partial charge in [-0.1, -0.05) is 24.3 Å². The zero-order valence-corrected chi connectivity index (χ0v) is 14.0. The van der Waals surface area contributed by atoms with Crippen LogP contribution in [0.5, 0.6) is 0 Å². The molecule has 7 heteroatoms. The second kappa shape index (κ2) is 6.84. The molecular weight excluding hydrogens is 326 g/mol. The van der Waals surface area contributed by atoms with Crippen molar-refractivity contribution in [3.8, 4) is 0 Å². The lowest BCUT2D eigenvalue weighted by Crippen LogP contribution is -2.40. The number of amides is 3. The van der Waals surface area contributed by atoms with Crippen molar-refractivity contribution in [2.45, 2.75) is 0 Å². The van der Waals surface area contributed by atoms with E-state index in [0.717, 1.165) is 5.69 Å². The molecule has 0 aliphatic carbocycles. The molecule has 0 radical (unpaired) electrons. The Kier molecular flexibility index (Phi) is 4.61. The van der Waals surface area contributed by atoms with Crippen LogP contribution in [0.2, 0.25) is 0 Å². The Bertz CT molecular complexity index is 746. The van der Waals surface area contributed by atoms with Crippen molar-refractivity contribution in [1.29, 1.82) is 0 Å². The van der Waals surface area contributed by atoms with Gasteiger partial charge in [-0.15, -0.1) is 11.3 Å². The summed E-state index contributed by atoms with van der Waals surface area (Å²) in [4.78, 5) is 41.8. The largest absolute Gasteiger partial charge is 0.332 e. The minimum atomic E-state index is -0.241. The van der Waals surface area contributed by atoms with Crippen LogP contribution in [0.4, 0.5) is 5.69 Å². The fourth-order valence-corrected chi connectivity index (χ4v) is 3.23. The minimum Gasteiger partial charge on any atom is -0.332 e. The lowest BCUT2D eigenvalue weighted by atomic mass is 10.3. The molecular formula is C17H17N3O3S. The maximum absolute atomic E-state index is 12.4. The van der Waals surface area contributed by atoms with Gasteiger partial charge in [0, 0.05) is 12.7 Å². The molecule has 1 aromatic heterocycles. The predicted octanol–water partition coefficient (Wildman–Crippen LogP) is 1.65. The topological polar surface area (TPSA) is 60.9 Å². The first-order valence-electron chi connectivity index (χ1n) is 7.48. The Balaban J connectivity index is 1.62. The molecule has 24 heavy (non-hydrogen) atoms. The van der Waals surface area contributed by atoms with Crippen molar-refractivity contribution in [2.75, 3.05) is 31.7 Å². The highest BCUT2D eigenvalue weighted by molar-refractivity contribution is 7.12. The van der Waals surface area contributed by atoms with Gasteiger partial charge in [-0.05, 0) is 23.6 Å². The molecule has 6 nitrogen and oxygen atoms in total. The van der Waals surface area contributed by atoms with Crippen LogP contribution in [0.25, 0.3) is 0 Å². The van der Waals surface area contributed by atoms with Crippen molar-refractivity contribution in [2.24, 2.45) is 0 Å². The number of anilines is 1. The summed E-state index contributed by atoms with van der Waals surface area (Å²) in [6, 6.07) is 12.8. The highest BCUT2D eigenvalue weighted by Gasteiger charge is 2.32. The van der Waals surface area contributed by atoms with E-state index in [1.54, 1.807) is 24.1 Å². The van der Waals surface area contributed by atoms with Gasteiger partial charge in [0.2, 0.25) is 11.8 Å².